The Morgan fingerprint density at radius 2 is 1.92 bits per heavy atom. The van der Waals surface area contributed by atoms with Crippen molar-refractivity contribution in [2.45, 2.75) is 129 Å². The number of carbonyl (C=O) groups is 2. The molecular weight excluding hydrogens is 500 g/mol. The van der Waals surface area contributed by atoms with Gasteiger partial charge in [0.2, 0.25) is 5.78 Å². The number of hydrogen-bond donors (Lipinski definition) is 2. The minimum absolute atomic E-state index is 0.0265. The molecule has 3 aliphatic heterocycles. The summed E-state index contributed by atoms with van der Waals surface area (Å²) < 4.78 is 25.3. The molecule has 0 amide bonds. The van der Waals surface area contributed by atoms with Crippen molar-refractivity contribution < 1.29 is 38.7 Å². The molecule has 0 spiro atoms. The van der Waals surface area contributed by atoms with E-state index in [1.54, 1.807) is 19.9 Å². The summed E-state index contributed by atoms with van der Waals surface area (Å²) in [6.45, 7) is 15.2. The zero-order valence-corrected chi connectivity index (χ0v) is 24.7. The molecule has 39 heavy (non-hydrogen) atoms. The number of fused-ring (bicyclic) bond motifs is 4. The van der Waals surface area contributed by atoms with Crippen molar-refractivity contribution in [3.8, 4) is 0 Å². The topological polar surface area (TPSA) is 112 Å². The van der Waals surface area contributed by atoms with Crippen LogP contribution in [0.3, 0.4) is 0 Å². The van der Waals surface area contributed by atoms with Crippen molar-refractivity contribution in [1.82, 2.24) is 0 Å². The number of esters is 1. The van der Waals surface area contributed by atoms with Gasteiger partial charge >= 0.3 is 5.97 Å². The van der Waals surface area contributed by atoms with Crippen molar-refractivity contribution in [3.05, 3.63) is 23.0 Å². The van der Waals surface area contributed by atoms with Gasteiger partial charge in [-0.1, -0.05) is 34.1 Å². The smallest absolute Gasteiger partial charge is 0.302 e. The minimum Gasteiger partial charge on any atom is -0.483 e. The normalized spacial score (nSPS) is 41.9. The molecule has 0 aromatic heterocycles. The Hall–Kier alpha value is -1.74. The Morgan fingerprint density at radius 1 is 1.23 bits per heavy atom. The summed E-state index contributed by atoms with van der Waals surface area (Å²) in [6.07, 6.45) is 4.02. The molecule has 8 nitrogen and oxygen atoms in total. The van der Waals surface area contributed by atoms with E-state index in [-0.39, 0.29) is 47.6 Å². The maximum atomic E-state index is 14.1. The summed E-state index contributed by atoms with van der Waals surface area (Å²) in [4.78, 5) is 26.0. The first-order chi connectivity index (χ1) is 18.1. The third-order valence-corrected chi connectivity index (χ3v) is 10.5. The first-order valence-corrected chi connectivity index (χ1v) is 14.7. The highest BCUT2D eigenvalue weighted by Crippen LogP contribution is 2.62. The molecule has 0 bridgehead atoms. The number of allylic oxidation sites excluding steroid dienone is 1. The van der Waals surface area contributed by atoms with Gasteiger partial charge in [0.25, 0.3) is 0 Å². The number of aliphatic hydroxyl groups is 2. The van der Waals surface area contributed by atoms with E-state index in [9.17, 15) is 19.8 Å². The van der Waals surface area contributed by atoms with E-state index in [1.165, 1.54) is 6.92 Å². The fourth-order valence-electron chi connectivity index (χ4n) is 8.24. The van der Waals surface area contributed by atoms with Gasteiger partial charge in [-0.15, -0.1) is 0 Å². The number of rotatable bonds is 6. The molecule has 3 fully saturated rings. The fraction of sp³-hybridized carbons (Fsp3) is 0.806. The lowest BCUT2D eigenvalue weighted by molar-refractivity contribution is -0.260. The summed E-state index contributed by atoms with van der Waals surface area (Å²) in [5, 5.41) is 22.6. The highest BCUT2D eigenvalue weighted by molar-refractivity contribution is 6.10. The van der Waals surface area contributed by atoms with Gasteiger partial charge in [-0.3, -0.25) is 9.59 Å². The van der Waals surface area contributed by atoms with E-state index in [2.05, 4.69) is 13.8 Å². The quantitative estimate of drug-likeness (QED) is 0.481. The number of ketones is 1. The van der Waals surface area contributed by atoms with Gasteiger partial charge < -0.3 is 29.2 Å². The van der Waals surface area contributed by atoms with Crippen LogP contribution in [0.1, 0.15) is 87.5 Å². The third kappa shape index (κ3) is 4.41. The molecule has 10 atom stereocenters. The van der Waals surface area contributed by atoms with Crippen LogP contribution in [0.25, 0.3) is 0 Å². The molecule has 0 aromatic rings. The second-order valence-corrected chi connectivity index (χ2v) is 13.8. The SMILES string of the molecule is CC[C@@H](C)[C@@H](OC(C)=O)[C@@H](C)C1=C[C@]2(O)CO[C@H]3C2=C(O[C@]2(C)CC[C@H]4O[C@@H](C(C)(C)O)CC[C@]4(C)[C@@H]32)C1=O. The van der Waals surface area contributed by atoms with Crippen LogP contribution in [0, 0.1) is 23.2 Å². The van der Waals surface area contributed by atoms with Crippen molar-refractivity contribution in [1.29, 1.82) is 0 Å². The van der Waals surface area contributed by atoms with Crippen LogP contribution in [-0.2, 0) is 28.5 Å². The Kier molecular flexibility index (Phi) is 6.93. The number of Topliss-reactive ketones (excluding diaryl/α,β-unsaturated/α-hetero) is 1. The Morgan fingerprint density at radius 3 is 2.54 bits per heavy atom. The molecule has 0 radical (unpaired) electrons. The summed E-state index contributed by atoms with van der Waals surface area (Å²) in [6, 6.07) is 0. The molecular formula is C31H46O8. The van der Waals surface area contributed by atoms with Gasteiger partial charge in [0.15, 0.2) is 5.76 Å². The van der Waals surface area contributed by atoms with Crippen LogP contribution in [0.4, 0.5) is 0 Å². The van der Waals surface area contributed by atoms with Gasteiger partial charge in [-0.25, -0.2) is 0 Å². The maximum absolute atomic E-state index is 14.1. The number of carbonyl (C=O) groups excluding carboxylic acids is 2. The van der Waals surface area contributed by atoms with E-state index in [0.717, 1.165) is 19.3 Å². The zero-order chi connectivity index (χ0) is 28.7. The highest BCUT2D eigenvalue weighted by Gasteiger charge is 2.68. The highest BCUT2D eigenvalue weighted by atomic mass is 16.6. The molecule has 2 saturated heterocycles. The third-order valence-electron chi connectivity index (χ3n) is 10.5. The maximum Gasteiger partial charge on any atom is 0.302 e. The van der Waals surface area contributed by atoms with Crippen LogP contribution in [-0.4, -0.2) is 69.8 Å². The van der Waals surface area contributed by atoms with E-state index >= 15 is 0 Å². The minimum atomic E-state index is -1.47. The second-order valence-electron chi connectivity index (χ2n) is 13.8. The summed E-state index contributed by atoms with van der Waals surface area (Å²) in [5.74, 6) is -0.989. The first kappa shape index (κ1) is 28.8. The van der Waals surface area contributed by atoms with Crippen molar-refractivity contribution in [2.24, 2.45) is 23.2 Å². The van der Waals surface area contributed by atoms with Crippen molar-refractivity contribution >= 4 is 11.8 Å². The molecule has 2 N–H and O–H groups in total. The van der Waals surface area contributed by atoms with Crippen LogP contribution in [0.5, 0.6) is 0 Å². The largest absolute Gasteiger partial charge is 0.483 e. The van der Waals surface area contributed by atoms with Crippen LogP contribution < -0.4 is 0 Å². The predicted octanol–water partition coefficient (Wildman–Crippen LogP) is 4.02. The summed E-state index contributed by atoms with van der Waals surface area (Å²) >= 11 is 0. The molecule has 1 saturated carbocycles. The van der Waals surface area contributed by atoms with Gasteiger partial charge in [0, 0.05) is 35.3 Å². The van der Waals surface area contributed by atoms with Crippen LogP contribution >= 0.6 is 0 Å². The Balaban J connectivity index is 1.51. The van der Waals surface area contributed by atoms with Crippen LogP contribution in [0.2, 0.25) is 0 Å². The van der Waals surface area contributed by atoms with Crippen molar-refractivity contribution in [2.75, 3.05) is 6.61 Å². The molecule has 2 aliphatic carbocycles. The van der Waals surface area contributed by atoms with Gasteiger partial charge in [-0.05, 0) is 58.4 Å². The summed E-state index contributed by atoms with van der Waals surface area (Å²) in [7, 11) is 0. The zero-order valence-electron chi connectivity index (χ0n) is 24.7. The second kappa shape index (κ2) is 9.40. The standard InChI is InChI=1S/C31H46O8/c1-9-16(2)24(37-18(4)32)17(3)19-14-31(35)15-36-26-22(31)25(23(19)33)39-30(8)13-11-21-29(7,27(26)30)12-10-20(38-21)28(5,6)34/h14,16-17,20-21,24,26-27,34-35H,9-13,15H2,1-8H3/t16-,17+,20-,21-,24-,26+,27-,29+,30-,31+/m1/s1. The van der Waals surface area contributed by atoms with E-state index in [1.807, 2.05) is 20.8 Å². The molecule has 3 heterocycles. The molecule has 5 rings (SSSR count). The average Bonchev–Trinajstić information content (AvgIpc) is 3.19. The molecule has 218 valence electrons. The predicted molar refractivity (Wildman–Crippen MR) is 143 cm³/mol. The van der Waals surface area contributed by atoms with Gasteiger partial charge in [-0.2, -0.15) is 0 Å². The monoisotopic (exact) mass is 546 g/mol. The van der Waals surface area contributed by atoms with Gasteiger partial charge in [0.1, 0.15) is 17.3 Å². The molecule has 0 unspecified atom stereocenters. The molecule has 8 heteroatoms. The Labute approximate surface area is 232 Å². The molecule has 0 aromatic carbocycles. The number of ether oxygens (including phenoxy) is 4. The summed E-state index contributed by atoms with van der Waals surface area (Å²) in [5.41, 5.74) is -2.48. The van der Waals surface area contributed by atoms with E-state index < -0.39 is 40.9 Å². The van der Waals surface area contributed by atoms with E-state index in [0.29, 0.717) is 24.0 Å². The molecule has 5 aliphatic rings. The van der Waals surface area contributed by atoms with Gasteiger partial charge in [0.05, 0.1) is 30.5 Å². The Bertz CT molecular complexity index is 1100. The lowest BCUT2D eigenvalue weighted by Gasteiger charge is -2.62. The lowest BCUT2D eigenvalue weighted by Crippen LogP contribution is -2.66. The van der Waals surface area contributed by atoms with E-state index in [4.69, 9.17) is 18.9 Å². The fourth-order valence-corrected chi connectivity index (χ4v) is 8.24. The average molecular weight is 547 g/mol. The first-order valence-electron chi connectivity index (χ1n) is 14.7. The lowest BCUT2D eigenvalue weighted by atomic mass is 9.52. The number of hydrogen-bond acceptors (Lipinski definition) is 8. The van der Waals surface area contributed by atoms with Crippen LogP contribution in [0.15, 0.2) is 23.0 Å². The van der Waals surface area contributed by atoms with Crippen molar-refractivity contribution in [3.63, 3.8) is 0 Å².